The minimum absolute atomic E-state index is 0. The Morgan fingerprint density at radius 1 is 1.25 bits per heavy atom. The molecule has 1 aliphatic carbocycles. The number of nitrogens with zero attached hydrogens (tertiary/aromatic N) is 1. The lowest BCUT2D eigenvalue weighted by Gasteiger charge is -2.16. The molecule has 3 rings (SSSR count). The maximum absolute atomic E-state index is 5.77. The Bertz CT molecular complexity index is 572. The fourth-order valence-corrected chi connectivity index (χ4v) is 3.53. The van der Waals surface area contributed by atoms with Crippen molar-refractivity contribution in [3.63, 3.8) is 0 Å². The second kappa shape index (κ2) is 12.6. The second-order valence-electron chi connectivity index (χ2n) is 7.94. The van der Waals surface area contributed by atoms with Gasteiger partial charge in [0.2, 0.25) is 0 Å². The largest absolute Gasteiger partial charge is 0.381 e. The van der Waals surface area contributed by atoms with E-state index in [4.69, 9.17) is 14.5 Å². The molecule has 5 nitrogen and oxygen atoms in total. The van der Waals surface area contributed by atoms with Gasteiger partial charge >= 0.3 is 0 Å². The molecule has 158 valence electrons. The third-order valence-electron chi connectivity index (χ3n) is 5.43. The highest BCUT2D eigenvalue weighted by Crippen LogP contribution is 2.48. The van der Waals surface area contributed by atoms with E-state index in [0.29, 0.717) is 11.3 Å². The Morgan fingerprint density at radius 3 is 2.75 bits per heavy atom. The molecule has 6 heteroatoms. The van der Waals surface area contributed by atoms with Crippen LogP contribution in [0.3, 0.4) is 0 Å². The third kappa shape index (κ3) is 8.25. The molecule has 1 aliphatic heterocycles. The van der Waals surface area contributed by atoms with Crippen LogP contribution in [-0.2, 0) is 15.9 Å². The van der Waals surface area contributed by atoms with Gasteiger partial charge < -0.3 is 20.1 Å². The van der Waals surface area contributed by atoms with Gasteiger partial charge in [0.25, 0.3) is 0 Å². The van der Waals surface area contributed by atoms with Crippen LogP contribution in [-0.4, -0.2) is 52.0 Å². The van der Waals surface area contributed by atoms with Gasteiger partial charge in [0.15, 0.2) is 5.96 Å². The van der Waals surface area contributed by atoms with E-state index in [0.717, 1.165) is 71.3 Å². The van der Waals surface area contributed by atoms with E-state index < -0.39 is 0 Å². The minimum atomic E-state index is 0. The highest BCUT2D eigenvalue weighted by Gasteiger charge is 2.42. The average molecular weight is 501 g/mol. The van der Waals surface area contributed by atoms with E-state index in [1.807, 2.05) is 0 Å². The summed E-state index contributed by atoms with van der Waals surface area (Å²) in [5.41, 5.74) is 1.80. The smallest absolute Gasteiger partial charge is 0.191 e. The molecule has 1 heterocycles. The van der Waals surface area contributed by atoms with Gasteiger partial charge in [-0.2, -0.15) is 0 Å². The second-order valence-corrected chi connectivity index (χ2v) is 7.94. The summed E-state index contributed by atoms with van der Waals surface area (Å²) in [6.45, 7) is 8.16. The molecule has 28 heavy (non-hydrogen) atoms. The zero-order valence-electron chi connectivity index (χ0n) is 17.1. The third-order valence-corrected chi connectivity index (χ3v) is 5.43. The maximum atomic E-state index is 5.77. The normalized spacial score (nSPS) is 20.5. The molecule has 0 spiro atoms. The fraction of sp³-hybridized carbons (Fsp3) is 0.682. The molecule has 1 saturated heterocycles. The van der Waals surface area contributed by atoms with Crippen molar-refractivity contribution in [2.24, 2.45) is 16.3 Å². The Balaban J connectivity index is 0.00000280. The van der Waals surface area contributed by atoms with E-state index in [9.17, 15) is 0 Å². The molecular formula is C22H36IN3O2. The van der Waals surface area contributed by atoms with Crippen LogP contribution >= 0.6 is 24.0 Å². The number of guanidine groups is 1. The van der Waals surface area contributed by atoms with Crippen LogP contribution < -0.4 is 10.6 Å². The lowest BCUT2D eigenvalue weighted by Crippen LogP contribution is -2.38. The van der Waals surface area contributed by atoms with Crippen LogP contribution in [0.1, 0.15) is 38.2 Å². The lowest BCUT2D eigenvalue weighted by atomic mass is 9.97. The minimum Gasteiger partial charge on any atom is -0.381 e. The van der Waals surface area contributed by atoms with Gasteiger partial charge in [0, 0.05) is 38.8 Å². The Hall–Kier alpha value is -0.860. The predicted octanol–water partition coefficient (Wildman–Crippen LogP) is 3.63. The molecule has 2 fully saturated rings. The zero-order chi connectivity index (χ0) is 18.8. The SMILES string of the molecule is CCNC(=NCC1(Cc2ccccc2)CC1)NCCCOCC1CCOC1.I. The molecule has 1 aromatic rings. The number of ether oxygens (including phenoxy) is 2. The summed E-state index contributed by atoms with van der Waals surface area (Å²) in [7, 11) is 0. The summed E-state index contributed by atoms with van der Waals surface area (Å²) < 4.78 is 11.1. The number of hydrogen-bond acceptors (Lipinski definition) is 3. The van der Waals surface area contributed by atoms with Gasteiger partial charge in [0.05, 0.1) is 13.2 Å². The van der Waals surface area contributed by atoms with Gasteiger partial charge in [-0.3, -0.25) is 4.99 Å². The van der Waals surface area contributed by atoms with Crippen LogP contribution in [0.25, 0.3) is 0 Å². The molecule has 1 atom stereocenters. The molecular weight excluding hydrogens is 465 g/mol. The van der Waals surface area contributed by atoms with Gasteiger partial charge in [0.1, 0.15) is 0 Å². The van der Waals surface area contributed by atoms with E-state index in [2.05, 4.69) is 47.9 Å². The first-order chi connectivity index (χ1) is 13.3. The quantitative estimate of drug-likeness (QED) is 0.211. The Kier molecular flexibility index (Phi) is 10.6. The summed E-state index contributed by atoms with van der Waals surface area (Å²) in [5, 5.41) is 6.81. The summed E-state index contributed by atoms with van der Waals surface area (Å²) in [5.74, 6) is 1.53. The standard InChI is InChI=1S/C22H35N3O2.HI/c1-2-23-21(24-12-6-13-26-16-20-9-14-27-17-20)25-18-22(10-11-22)15-19-7-4-3-5-8-19;/h3-5,7-8,20H,2,6,9-18H2,1H3,(H2,23,24,25);1H. The fourth-order valence-electron chi connectivity index (χ4n) is 3.53. The topological polar surface area (TPSA) is 54.9 Å². The van der Waals surface area contributed by atoms with Gasteiger partial charge in [-0.1, -0.05) is 30.3 Å². The molecule has 0 aromatic heterocycles. The first-order valence-electron chi connectivity index (χ1n) is 10.5. The van der Waals surface area contributed by atoms with Crippen molar-refractivity contribution in [3.8, 4) is 0 Å². The molecule has 1 saturated carbocycles. The van der Waals surface area contributed by atoms with Crippen LogP contribution in [0.15, 0.2) is 35.3 Å². The Labute approximate surface area is 187 Å². The summed E-state index contributed by atoms with van der Waals surface area (Å²) >= 11 is 0. The monoisotopic (exact) mass is 501 g/mol. The average Bonchev–Trinajstić information content (AvgIpc) is 3.24. The highest BCUT2D eigenvalue weighted by molar-refractivity contribution is 14.0. The highest BCUT2D eigenvalue weighted by atomic mass is 127. The molecule has 1 aromatic carbocycles. The zero-order valence-corrected chi connectivity index (χ0v) is 19.5. The van der Waals surface area contributed by atoms with E-state index in [-0.39, 0.29) is 24.0 Å². The van der Waals surface area contributed by atoms with Gasteiger partial charge in [-0.25, -0.2) is 0 Å². The summed E-state index contributed by atoms with van der Waals surface area (Å²) in [4.78, 5) is 4.86. The maximum Gasteiger partial charge on any atom is 0.191 e. The van der Waals surface area contributed by atoms with Crippen molar-refractivity contribution < 1.29 is 9.47 Å². The molecule has 2 N–H and O–H groups in total. The molecule has 1 unspecified atom stereocenters. The van der Waals surface area contributed by atoms with Crippen LogP contribution in [0.2, 0.25) is 0 Å². The molecule has 2 aliphatic rings. The predicted molar refractivity (Wildman–Crippen MR) is 126 cm³/mol. The number of nitrogens with one attached hydrogen (secondary N) is 2. The Morgan fingerprint density at radius 2 is 2.07 bits per heavy atom. The van der Waals surface area contributed by atoms with E-state index in [1.54, 1.807) is 0 Å². The van der Waals surface area contributed by atoms with Gasteiger partial charge in [-0.15, -0.1) is 24.0 Å². The van der Waals surface area contributed by atoms with Crippen LogP contribution in [0.4, 0.5) is 0 Å². The number of benzene rings is 1. The first kappa shape index (κ1) is 23.4. The van der Waals surface area contributed by atoms with Gasteiger partial charge in [-0.05, 0) is 50.0 Å². The summed E-state index contributed by atoms with van der Waals surface area (Å²) in [6, 6.07) is 10.8. The number of aliphatic imine (C=N–C) groups is 1. The van der Waals surface area contributed by atoms with Crippen molar-refractivity contribution in [1.29, 1.82) is 0 Å². The first-order valence-corrected chi connectivity index (χ1v) is 10.5. The molecule has 0 bridgehead atoms. The van der Waals surface area contributed by atoms with Crippen LogP contribution in [0, 0.1) is 11.3 Å². The lowest BCUT2D eigenvalue weighted by molar-refractivity contribution is 0.0888. The number of hydrogen-bond donors (Lipinski definition) is 2. The molecule has 0 radical (unpaired) electrons. The van der Waals surface area contributed by atoms with E-state index in [1.165, 1.54) is 18.4 Å². The van der Waals surface area contributed by atoms with Crippen molar-refractivity contribution in [2.45, 2.75) is 39.0 Å². The van der Waals surface area contributed by atoms with Crippen molar-refractivity contribution in [3.05, 3.63) is 35.9 Å². The van der Waals surface area contributed by atoms with E-state index >= 15 is 0 Å². The number of halogens is 1. The van der Waals surface area contributed by atoms with Crippen molar-refractivity contribution in [2.75, 3.05) is 46.1 Å². The van der Waals surface area contributed by atoms with Crippen molar-refractivity contribution in [1.82, 2.24) is 10.6 Å². The molecule has 0 amide bonds. The van der Waals surface area contributed by atoms with Crippen LogP contribution in [0.5, 0.6) is 0 Å². The summed E-state index contributed by atoms with van der Waals surface area (Å²) in [6.07, 6.45) is 5.83. The number of rotatable bonds is 11. The van der Waals surface area contributed by atoms with Crippen molar-refractivity contribution >= 4 is 29.9 Å².